The van der Waals surface area contributed by atoms with Crippen molar-refractivity contribution < 1.29 is 34.8 Å². The summed E-state index contributed by atoms with van der Waals surface area (Å²) in [5.74, 6) is -0.428. The molecule has 4 unspecified atom stereocenters. The highest BCUT2D eigenvalue weighted by molar-refractivity contribution is 8.19. The van der Waals surface area contributed by atoms with Crippen LogP contribution in [0.2, 0.25) is 0 Å². The molecule has 0 aromatic heterocycles. The van der Waals surface area contributed by atoms with Gasteiger partial charge >= 0.3 is 0 Å². The van der Waals surface area contributed by atoms with Crippen LogP contribution in [-0.2, 0) is 14.4 Å². The second-order valence-electron chi connectivity index (χ2n) is 22.6. The summed E-state index contributed by atoms with van der Waals surface area (Å²) in [7, 11) is 0. The highest BCUT2D eigenvalue weighted by Gasteiger charge is 2.25. The van der Waals surface area contributed by atoms with Crippen molar-refractivity contribution >= 4 is 39.5 Å². The molecule has 4 atom stereocenters. The number of thioether (sulfide) groups is 2. The Balaban J connectivity index is 5.14. The van der Waals surface area contributed by atoms with Crippen LogP contribution in [0, 0.1) is 0 Å². The van der Waals surface area contributed by atoms with Crippen molar-refractivity contribution in [2.24, 2.45) is 0 Å². The Hall–Kier alpha value is -0.530. The minimum Gasteiger partial charge on any atom is -0.392 e. The minimum absolute atomic E-state index is 0.292. The van der Waals surface area contributed by atoms with Crippen LogP contribution >= 0.6 is 23.5 Å². The molecule has 0 aliphatic heterocycles. The fraction of sp³-hybridized carbons (Fsp3) is 0.952. The van der Waals surface area contributed by atoms with Crippen LogP contribution in [-0.4, -0.2) is 121 Å². The number of aliphatic hydroxyl groups is 4. The van der Waals surface area contributed by atoms with Crippen LogP contribution in [0.25, 0.3) is 0 Å². The molecule has 0 aliphatic carbocycles. The zero-order valence-corrected chi connectivity index (χ0v) is 50.9. The maximum atomic E-state index is 13.1. The van der Waals surface area contributed by atoms with E-state index in [9.17, 15) is 34.8 Å². The number of Topliss-reactive ketones (excluding diaryl/α,β-unsaturated/α-hetero) is 1. The summed E-state index contributed by atoms with van der Waals surface area (Å²) in [4.78, 5) is 43.3. The summed E-state index contributed by atoms with van der Waals surface area (Å²) < 4.78 is 0. The van der Waals surface area contributed by atoms with Gasteiger partial charge in [0, 0.05) is 50.8 Å². The Bertz CT molecular complexity index is 1060. The van der Waals surface area contributed by atoms with Gasteiger partial charge in [0.15, 0.2) is 0 Å². The zero-order chi connectivity index (χ0) is 54.4. The van der Waals surface area contributed by atoms with Gasteiger partial charge in [0.25, 0.3) is 16.0 Å². The number of carbonyl (C=O) groups is 3. The SMILES string of the molecule is CCCCCCCCCCCCC(O)CN(CCSC(=O)C(=O)C(=O)SCCN(CC(O)CCCCCCCCCCCC)CC(O)CCCCCCCCCCCC)CC(O)CCCCCCCCCCCC. The number of hydrogen-bond donors (Lipinski definition) is 4. The first kappa shape index (κ1) is 73.5. The average Bonchev–Trinajstić information content (AvgIpc) is 3.38. The highest BCUT2D eigenvalue weighted by atomic mass is 32.2. The van der Waals surface area contributed by atoms with E-state index in [0.29, 0.717) is 76.5 Å². The van der Waals surface area contributed by atoms with Gasteiger partial charge in [-0.2, -0.15) is 0 Å². The molecule has 9 nitrogen and oxygen atoms in total. The van der Waals surface area contributed by atoms with Gasteiger partial charge in [-0.15, -0.1) is 0 Å². The Morgan fingerprint density at radius 3 is 0.662 bits per heavy atom. The van der Waals surface area contributed by atoms with Gasteiger partial charge in [-0.3, -0.25) is 24.2 Å². The van der Waals surface area contributed by atoms with Crippen molar-refractivity contribution in [2.45, 2.75) is 335 Å². The lowest BCUT2D eigenvalue weighted by Gasteiger charge is -2.27. The number of nitrogens with zero attached hydrogens (tertiary/aromatic N) is 2. The van der Waals surface area contributed by atoms with E-state index in [1.165, 1.54) is 205 Å². The molecular weight excluding hydrogens is 961 g/mol. The predicted octanol–water partition coefficient (Wildman–Crippen LogP) is 16.4. The number of aliphatic hydroxyl groups excluding tert-OH is 4. The minimum atomic E-state index is -1.01. The van der Waals surface area contributed by atoms with Crippen molar-refractivity contribution in [1.82, 2.24) is 9.80 Å². The molecule has 4 N–H and O–H groups in total. The molecule has 440 valence electrons. The van der Waals surface area contributed by atoms with Gasteiger partial charge in [-0.25, -0.2) is 0 Å². The maximum absolute atomic E-state index is 13.1. The second kappa shape index (κ2) is 57.2. The largest absolute Gasteiger partial charge is 0.392 e. The van der Waals surface area contributed by atoms with Gasteiger partial charge < -0.3 is 20.4 Å². The molecule has 74 heavy (non-hydrogen) atoms. The van der Waals surface area contributed by atoms with Gasteiger partial charge in [0.1, 0.15) is 0 Å². The lowest BCUT2D eigenvalue weighted by molar-refractivity contribution is -0.137. The second-order valence-corrected chi connectivity index (χ2v) is 24.8. The molecule has 0 radical (unpaired) electrons. The summed E-state index contributed by atoms with van der Waals surface area (Å²) in [6.45, 7) is 11.5. The molecule has 0 rings (SSSR count). The van der Waals surface area contributed by atoms with E-state index in [4.69, 9.17) is 0 Å². The van der Waals surface area contributed by atoms with E-state index in [1.54, 1.807) is 0 Å². The lowest BCUT2D eigenvalue weighted by atomic mass is 10.0. The molecule has 0 amide bonds. The molecule has 11 heteroatoms. The van der Waals surface area contributed by atoms with Gasteiger partial charge in [-0.1, -0.05) is 308 Å². The fourth-order valence-electron chi connectivity index (χ4n) is 10.3. The molecule has 0 fully saturated rings. The van der Waals surface area contributed by atoms with Crippen LogP contribution in [0.5, 0.6) is 0 Å². The third-order valence-electron chi connectivity index (χ3n) is 15.1. The number of rotatable bonds is 60. The van der Waals surface area contributed by atoms with Crippen LogP contribution in [0.15, 0.2) is 0 Å². The van der Waals surface area contributed by atoms with Crippen LogP contribution in [0.3, 0.4) is 0 Å². The van der Waals surface area contributed by atoms with Crippen molar-refractivity contribution in [2.75, 3.05) is 50.8 Å². The van der Waals surface area contributed by atoms with Crippen molar-refractivity contribution in [3.05, 3.63) is 0 Å². The molecule has 0 spiro atoms. The quantitative estimate of drug-likeness (QED) is 0.0263. The third kappa shape index (κ3) is 50.9. The first-order chi connectivity index (χ1) is 36.1. The Labute approximate surface area is 467 Å². The molecular formula is C63H124N2O7S2. The zero-order valence-electron chi connectivity index (χ0n) is 49.3. The number of ketones is 1. The summed E-state index contributed by atoms with van der Waals surface area (Å²) in [5.41, 5.74) is 0. The molecule has 0 saturated carbocycles. The Morgan fingerprint density at radius 2 is 0.473 bits per heavy atom. The van der Waals surface area contributed by atoms with Crippen LogP contribution in [0.4, 0.5) is 0 Å². The fourth-order valence-corrected chi connectivity index (χ4v) is 11.9. The van der Waals surface area contributed by atoms with Crippen molar-refractivity contribution in [3.63, 3.8) is 0 Å². The van der Waals surface area contributed by atoms with E-state index in [2.05, 4.69) is 27.7 Å². The van der Waals surface area contributed by atoms with Crippen molar-refractivity contribution in [1.29, 1.82) is 0 Å². The highest BCUT2D eigenvalue weighted by Crippen LogP contribution is 2.19. The first-order valence-corrected chi connectivity index (χ1v) is 34.1. The Kier molecular flexibility index (Phi) is 56.8. The van der Waals surface area contributed by atoms with E-state index in [-0.39, 0.29) is 0 Å². The van der Waals surface area contributed by atoms with E-state index >= 15 is 0 Å². The van der Waals surface area contributed by atoms with Gasteiger partial charge in [-0.05, 0) is 25.7 Å². The topological polar surface area (TPSA) is 139 Å². The smallest absolute Gasteiger partial charge is 0.286 e. The molecule has 0 saturated heterocycles. The average molecular weight is 1090 g/mol. The number of unbranched alkanes of at least 4 members (excludes halogenated alkanes) is 36. The van der Waals surface area contributed by atoms with E-state index in [0.717, 1.165) is 74.9 Å². The number of carbonyl (C=O) groups excluding carboxylic acids is 3. The lowest BCUT2D eigenvalue weighted by Crippen LogP contribution is -2.40. The van der Waals surface area contributed by atoms with Gasteiger partial charge in [0.05, 0.1) is 24.4 Å². The maximum Gasteiger partial charge on any atom is 0.286 e. The molecule has 0 bridgehead atoms. The van der Waals surface area contributed by atoms with Crippen LogP contribution in [0.1, 0.15) is 310 Å². The van der Waals surface area contributed by atoms with E-state index < -0.39 is 40.4 Å². The molecule has 0 heterocycles. The van der Waals surface area contributed by atoms with Gasteiger partial charge in [0.2, 0.25) is 0 Å². The number of hydrogen-bond acceptors (Lipinski definition) is 11. The van der Waals surface area contributed by atoms with E-state index in [1.807, 2.05) is 9.80 Å². The standard InChI is InChI=1S/C63H124N2O7S2/c1-5-9-13-17-21-25-29-33-37-41-45-57(66)53-64(54-58(67)46-42-38-34-30-26-22-18-14-10-6-2)49-51-73-62(71)61(70)63(72)74-52-50-65(55-59(68)47-43-39-35-31-27-23-19-15-11-7-3)56-60(69)48-44-40-36-32-28-24-20-16-12-8-4/h57-60,66-69H,5-56H2,1-4H3. The third-order valence-corrected chi connectivity index (χ3v) is 16.8. The molecule has 0 aromatic rings. The summed E-state index contributed by atoms with van der Waals surface area (Å²) >= 11 is 1.70. The first-order valence-electron chi connectivity index (χ1n) is 32.1. The van der Waals surface area contributed by atoms with Crippen molar-refractivity contribution in [3.8, 4) is 0 Å². The normalized spacial score (nSPS) is 13.5. The summed E-state index contributed by atoms with van der Waals surface area (Å²) in [5, 5.41) is 42.8. The summed E-state index contributed by atoms with van der Waals surface area (Å²) in [6, 6.07) is 0. The molecule has 0 aliphatic rings. The Morgan fingerprint density at radius 1 is 0.297 bits per heavy atom. The predicted molar refractivity (Wildman–Crippen MR) is 323 cm³/mol. The van der Waals surface area contributed by atoms with Crippen LogP contribution < -0.4 is 0 Å². The monoisotopic (exact) mass is 1080 g/mol. The molecule has 0 aromatic carbocycles. The summed E-state index contributed by atoms with van der Waals surface area (Å²) in [6.07, 6.45) is 50.2.